The highest BCUT2D eigenvalue weighted by Crippen LogP contribution is 2.32. The van der Waals surface area contributed by atoms with Gasteiger partial charge in [-0.15, -0.1) is 0 Å². The third kappa shape index (κ3) is 2.06. The second kappa shape index (κ2) is 4.47. The van der Waals surface area contributed by atoms with Crippen molar-refractivity contribution < 1.29 is 9.18 Å². The van der Waals surface area contributed by atoms with Crippen LogP contribution in [0.5, 0.6) is 0 Å². The molecular formula is C11H7Cl2FN2O. The summed E-state index contributed by atoms with van der Waals surface area (Å²) in [6.07, 6.45) is 0.575. The molecule has 17 heavy (non-hydrogen) atoms. The molecule has 3 nitrogen and oxygen atoms in total. The molecule has 0 unspecified atom stereocenters. The molecule has 0 saturated carbocycles. The van der Waals surface area contributed by atoms with Gasteiger partial charge in [-0.1, -0.05) is 23.2 Å². The van der Waals surface area contributed by atoms with Crippen LogP contribution < -0.4 is 0 Å². The average Bonchev–Trinajstić information content (AvgIpc) is 2.58. The lowest BCUT2D eigenvalue weighted by Gasteiger charge is -2.01. The minimum Gasteiger partial charge on any atom is -0.298 e. The highest BCUT2D eigenvalue weighted by molar-refractivity contribution is 6.34. The summed E-state index contributed by atoms with van der Waals surface area (Å²) in [5.74, 6) is -0.456. The molecule has 0 bridgehead atoms. The van der Waals surface area contributed by atoms with Crippen LogP contribution in [0.15, 0.2) is 18.2 Å². The lowest BCUT2D eigenvalue weighted by Crippen LogP contribution is -1.90. The second-order valence-electron chi connectivity index (χ2n) is 3.42. The lowest BCUT2D eigenvalue weighted by atomic mass is 10.1. The van der Waals surface area contributed by atoms with E-state index in [0.717, 1.165) is 0 Å². The summed E-state index contributed by atoms with van der Waals surface area (Å²) in [6, 6.07) is 3.86. The summed E-state index contributed by atoms with van der Waals surface area (Å²) in [6.45, 7) is 0. The van der Waals surface area contributed by atoms with Crippen molar-refractivity contribution in [1.82, 2.24) is 9.78 Å². The Labute approximate surface area is 107 Å². The number of carbonyl (C=O) groups is 1. The Balaban J connectivity index is 2.72. The first-order chi connectivity index (χ1) is 8.04. The Morgan fingerprint density at radius 1 is 1.41 bits per heavy atom. The predicted molar refractivity (Wildman–Crippen MR) is 64.0 cm³/mol. The Bertz CT molecular complexity index is 595. The van der Waals surface area contributed by atoms with Crippen LogP contribution in [0.4, 0.5) is 4.39 Å². The summed E-state index contributed by atoms with van der Waals surface area (Å²) < 4.78 is 14.5. The van der Waals surface area contributed by atoms with Crippen LogP contribution in [0, 0.1) is 5.82 Å². The standard InChI is InChI=1S/C11H7Cl2FN2O/c1-16-11(13)8(5-17)10(15-16)7-4-6(14)2-3-9(7)12/h2-5H,1H3. The SMILES string of the molecule is Cn1nc(-c2cc(F)ccc2Cl)c(C=O)c1Cl. The van der Waals surface area contributed by atoms with Gasteiger partial charge in [0.25, 0.3) is 0 Å². The first kappa shape index (κ1) is 12.1. The number of aldehydes is 1. The fraction of sp³-hybridized carbons (Fsp3) is 0.0909. The maximum absolute atomic E-state index is 13.2. The quantitative estimate of drug-likeness (QED) is 0.786. The zero-order valence-electron chi connectivity index (χ0n) is 8.75. The van der Waals surface area contributed by atoms with Gasteiger partial charge in [-0.2, -0.15) is 5.10 Å². The topological polar surface area (TPSA) is 34.9 Å². The molecule has 0 spiro atoms. The number of hydrogen-bond acceptors (Lipinski definition) is 2. The van der Waals surface area contributed by atoms with Crippen LogP contribution in [-0.2, 0) is 7.05 Å². The van der Waals surface area contributed by atoms with Gasteiger partial charge >= 0.3 is 0 Å². The van der Waals surface area contributed by atoms with Crippen molar-refractivity contribution >= 4 is 29.5 Å². The van der Waals surface area contributed by atoms with Crippen LogP contribution in [0.3, 0.4) is 0 Å². The Morgan fingerprint density at radius 2 is 2.12 bits per heavy atom. The first-order valence-electron chi connectivity index (χ1n) is 4.67. The Kier molecular flexibility index (Phi) is 3.17. The van der Waals surface area contributed by atoms with Crippen LogP contribution in [0.1, 0.15) is 10.4 Å². The molecule has 0 atom stereocenters. The zero-order valence-corrected chi connectivity index (χ0v) is 10.3. The molecule has 1 aromatic carbocycles. The van der Waals surface area contributed by atoms with Crippen molar-refractivity contribution in [2.24, 2.45) is 7.05 Å². The molecule has 0 saturated heterocycles. The van der Waals surface area contributed by atoms with E-state index in [1.165, 1.54) is 22.9 Å². The number of halogens is 3. The van der Waals surface area contributed by atoms with Gasteiger partial charge in [-0.05, 0) is 18.2 Å². The van der Waals surface area contributed by atoms with E-state index >= 15 is 0 Å². The summed E-state index contributed by atoms with van der Waals surface area (Å²) in [4.78, 5) is 11.0. The lowest BCUT2D eigenvalue weighted by molar-refractivity contribution is 0.112. The smallest absolute Gasteiger partial charge is 0.155 e. The van der Waals surface area contributed by atoms with Crippen molar-refractivity contribution in [3.05, 3.63) is 39.8 Å². The van der Waals surface area contributed by atoms with Gasteiger partial charge in [0.1, 0.15) is 16.7 Å². The summed E-state index contributed by atoms with van der Waals surface area (Å²) in [7, 11) is 1.59. The third-order valence-electron chi connectivity index (χ3n) is 2.31. The molecule has 2 aromatic rings. The van der Waals surface area contributed by atoms with Crippen LogP contribution in [0.25, 0.3) is 11.3 Å². The molecule has 88 valence electrons. The molecule has 0 N–H and O–H groups in total. The number of aromatic nitrogens is 2. The van der Waals surface area contributed by atoms with Crippen molar-refractivity contribution in [3.8, 4) is 11.3 Å². The van der Waals surface area contributed by atoms with Gasteiger partial charge in [0.05, 0.1) is 10.6 Å². The molecule has 2 rings (SSSR count). The van der Waals surface area contributed by atoms with Gasteiger partial charge in [-0.3, -0.25) is 9.48 Å². The van der Waals surface area contributed by atoms with Crippen molar-refractivity contribution in [1.29, 1.82) is 0 Å². The molecule has 0 aliphatic carbocycles. The normalized spacial score (nSPS) is 10.6. The van der Waals surface area contributed by atoms with Gasteiger partial charge in [-0.25, -0.2) is 4.39 Å². The van der Waals surface area contributed by atoms with Gasteiger partial charge in [0.15, 0.2) is 6.29 Å². The maximum Gasteiger partial charge on any atom is 0.155 e. The van der Waals surface area contributed by atoms with Gasteiger partial charge in [0, 0.05) is 12.6 Å². The summed E-state index contributed by atoms with van der Waals surface area (Å²) >= 11 is 11.8. The summed E-state index contributed by atoms with van der Waals surface area (Å²) in [5, 5.41) is 4.56. The first-order valence-corrected chi connectivity index (χ1v) is 5.43. The predicted octanol–water partition coefficient (Wildman–Crippen LogP) is 3.35. The summed E-state index contributed by atoms with van der Waals surface area (Å²) in [5.41, 5.74) is 0.815. The van der Waals surface area contributed by atoms with E-state index in [2.05, 4.69) is 5.10 Å². The largest absolute Gasteiger partial charge is 0.298 e. The molecule has 0 radical (unpaired) electrons. The van der Waals surface area contributed by atoms with Crippen molar-refractivity contribution in [2.75, 3.05) is 0 Å². The van der Waals surface area contributed by atoms with E-state index in [1.54, 1.807) is 7.05 Å². The minimum absolute atomic E-state index is 0.190. The molecule has 1 aromatic heterocycles. The average molecular weight is 273 g/mol. The van der Waals surface area contributed by atoms with E-state index in [9.17, 15) is 9.18 Å². The monoisotopic (exact) mass is 272 g/mol. The number of nitrogens with zero attached hydrogens (tertiary/aromatic N) is 2. The number of benzene rings is 1. The Morgan fingerprint density at radius 3 is 2.76 bits per heavy atom. The van der Waals surface area contributed by atoms with E-state index in [-0.39, 0.29) is 16.4 Å². The highest BCUT2D eigenvalue weighted by Gasteiger charge is 2.18. The molecular weight excluding hydrogens is 266 g/mol. The van der Waals surface area contributed by atoms with Crippen molar-refractivity contribution in [3.63, 3.8) is 0 Å². The minimum atomic E-state index is -0.456. The number of hydrogen-bond donors (Lipinski definition) is 0. The molecule has 0 aliphatic rings. The van der Waals surface area contributed by atoms with E-state index in [0.29, 0.717) is 16.9 Å². The maximum atomic E-state index is 13.2. The fourth-order valence-corrected chi connectivity index (χ4v) is 1.88. The Hall–Kier alpha value is -1.39. The van der Waals surface area contributed by atoms with E-state index < -0.39 is 5.82 Å². The second-order valence-corrected chi connectivity index (χ2v) is 4.18. The molecule has 1 heterocycles. The molecule has 0 amide bonds. The number of rotatable bonds is 2. The fourth-order valence-electron chi connectivity index (χ4n) is 1.50. The highest BCUT2D eigenvalue weighted by atomic mass is 35.5. The number of carbonyl (C=O) groups excluding carboxylic acids is 1. The van der Waals surface area contributed by atoms with Gasteiger partial charge < -0.3 is 0 Å². The number of aryl methyl sites for hydroxylation is 1. The van der Waals surface area contributed by atoms with Crippen molar-refractivity contribution in [2.45, 2.75) is 0 Å². The van der Waals surface area contributed by atoms with Crippen LogP contribution in [0.2, 0.25) is 10.2 Å². The molecule has 6 heteroatoms. The molecule has 0 fully saturated rings. The van der Waals surface area contributed by atoms with Crippen LogP contribution >= 0.6 is 23.2 Å². The van der Waals surface area contributed by atoms with E-state index in [4.69, 9.17) is 23.2 Å². The van der Waals surface area contributed by atoms with Gasteiger partial charge in [0.2, 0.25) is 0 Å². The zero-order chi connectivity index (χ0) is 12.6. The van der Waals surface area contributed by atoms with E-state index in [1.807, 2.05) is 0 Å². The third-order valence-corrected chi connectivity index (χ3v) is 3.09. The van der Waals surface area contributed by atoms with Crippen LogP contribution in [-0.4, -0.2) is 16.1 Å². The molecule has 0 aliphatic heterocycles.